The van der Waals surface area contributed by atoms with Crippen LogP contribution in [0.4, 0.5) is 15.8 Å². The van der Waals surface area contributed by atoms with Crippen LogP contribution in [0.3, 0.4) is 0 Å². The number of pyridine rings is 1. The van der Waals surface area contributed by atoms with Gasteiger partial charge < -0.3 is 19.7 Å². The Kier molecular flexibility index (Phi) is 6.20. The second kappa shape index (κ2) is 9.37. The van der Waals surface area contributed by atoms with Gasteiger partial charge in [-0.15, -0.1) is 0 Å². The van der Waals surface area contributed by atoms with Crippen molar-refractivity contribution in [3.05, 3.63) is 83.8 Å². The van der Waals surface area contributed by atoms with Crippen LogP contribution >= 0.6 is 0 Å². The molecule has 0 unspecified atom stereocenters. The van der Waals surface area contributed by atoms with Gasteiger partial charge in [-0.25, -0.2) is 9.37 Å². The highest BCUT2D eigenvalue weighted by Crippen LogP contribution is 2.22. The molecule has 0 radical (unpaired) electrons. The quantitative estimate of drug-likeness (QED) is 0.672. The predicted molar refractivity (Wildman–Crippen MR) is 112 cm³/mol. The molecule has 1 N–H and O–H groups in total. The van der Waals surface area contributed by atoms with Gasteiger partial charge in [0.15, 0.2) is 0 Å². The molecule has 1 aromatic heterocycles. The number of anilines is 2. The number of hydrogen-bond acceptors (Lipinski definition) is 5. The SMILES string of the molecule is O=C(Nc1ccc(OCc2ccccc2)nc1)c1ccc(N2CCOCC2)c(F)c1. The molecule has 2 heterocycles. The van der Waals surface area contributed by atoms with E-state index in [0.29, 0.717) is 50.2 Å². The molecule has 1 saturated heterocycles. The summed E-state index contributed by atoms with van der Waals surface area (Å²) in [4.78, 5) is 18.6. The van der Waals surface area contributed by atoms with E-state index in [1.807, 2.05) is 35.2 Å². The predicted octanol–water partition coefficient (Wildman–Crippen LogP) is 3.89. The highest BCUT2D eigenvalue weighted by Gasteiger charge is 2.17. The van der Waals surface area contributed by atoms with Gasteiger partial charge >= 0.3 is 0 Å². The van der Waals surface area contributed by atoms with E-state index in [4.69, 9.17) is 9.47 Å². The third-order valence-electron chi connectivity index (χ3n) is 4.79. The fourth-order valence-corrected chi connectivity index (χ4v) is 3.18. The first-order valence-corrected chi connectivity index (χ1v) is 9.75. The molecule has 6 nitrogen and oxygen atoms in total. The lowest BCUT2D eigenvalue weighted by molar-refractivity contribution is 0.102. The van der Waals surface area contributed by atoms with Crippen LogP contribution in [-0.4, -0.2) is 37.2 Å². The van der Waals surface area contributed by atoms with Crippen molar-refractivity contribution in [1.29, 1.82) is 0 Å². The van der Waals surface area contributed by atoms with E-state index in [2.05, 4.69) is 10.3 Å². The van der Waals surface area contributed by atoms with E-state index in [1.165, 1.54) is 12.3 Å². The molecule has 1 fully saturated rings. The molecule has 3 aromatic rings. The van der Waals surface area contributed by atoms with Gasteiger partial charge in [-0.2, -0.15) is 0 Å². The van der Waals surface area contributed by atoms with E-state index in [9.17, 15) is 9.18 Å². The lowest BCUT2D eigenvalue weighted by atomic mass is 10.1. The van der Waals surface area contributed by atoms with Gasteiger partial charge in [0.1, 0.15) is 12.4 Å². The Hall–Kier alpha value is -3.45. The largest absolute Gasteiger partial charge is 0.473 e. The first kappa shape index (κ1) is 19.8. The molecule has 154 valence electrons. The van der Waals surface area contributed by atoms with E-state index in [0.717, 1.165) is 5.56 Å². The zero-order chi connectivity index (χ0) is 20.8. The maximum absolute atomic E-state index is 14.5. The summed E-state index contributed by atoms with van der Waals surface area (Å²) in [5.41, 5.74) is 2.27. The van der Waals surface area contributed by atoms with Crippen LogP contribution in [0.15, 0.2) is 66.9 Å². The average Bonchev–Trinajstić information content (AvgIpc) is 2.80. The number of nitrogens with zero attached hydrogens (tertiary/aromatic N) is 2. The van der Waals surface area contributed by atoms with Gasteiger partial charge in [0.2, 0.25) is 5.88 Å². The minimum Gasteiger partial charge on any atom is -0.473 e. The Morgan fingerprint density at radius 3 is 2.60 bits per heavy atom. The summed E-state index contributed by atoms with van der Waals surface area (Å²) in [6.45, 7) is 2.81. The second-order valence-electron chi connectivity index (χ2n) is 6.88. The summed E-state index contributed by atoms with van der Waals surface area (Å²) in [6.07, 6.45) is 1.51. The number of halogens is 1. The third-order valence-corrected chi connectivity index (χ3v) is 4.79. The zero-order valence-electron chi connectivity index (χ0n) is 16.4. The summed E-state index contributed by atoms with van der Waals surface area (Å²) in [5, 5.41) is 2.73. The molecule has 0 spiro atoms. The number of rotatable bonds is 6. The Morgan fingerprint density at radius 1 is 1.10 bits per heavy atom. The Morgan fingerprint density at radius 2 is 1.90 bits per heavy atom. The Balaban J connectivity index is 1.35. The maximum atomic E-state index is 14.5. The van der Waals surface area contributed by atoms with Crippen molar-refractivity contribution in [3.8, 4) is 5.88 Å². The smallest absolute Gasteiger partial charge is 0.255 e. The van der Waals surface area contributed by atoms with Gasteiger partial charge in [0.05, 0.1) is 30.8 Å². The van der Waals surface area contributed by atoms with Crippen molar-refractivity contribution in [2.45, 2.75) is 6.61 Å². The average molecular weight is 407 g/mol. The summed E-state index contributed by atoms with van der Waals surface area (Å²) < 4.78 is 25.4. The zero-order valence-corrected chi connectivity index (χ0v) is 16.4. The van der Waals surface area contributed by atoms with Gasteiger partial charge in [-0.3, -0.25) is 4.79 Å². The molecular formula is C23H22FN3O3. The minimum atomic E-state index is -0.424. The lowest BCUT2D eigenvalue weighted by Gasteiger charge is -2.29. The maximum Gasteiger partial charge on any atom is 0.255 e. The van der Waals surface area contributed by atoms with Gasteiger partial charge in [-0.05, 0) is 29.8 Å². The van der Waals surface area contributed by atoms with Crippen molar-refractivity contribution in [1.82, 2.24) is 4.98 Å². The number of hydrogen-bond donors (Lipinski definition) is 1. The molecule has 1 amide bonds. The van der Waals surface area contributed by atoms with Crippen molar-refractivity contribution in [3.63, 3.8) is 0 Å². The molecule has 0 atom stereocenters. The summed E-state index contributed by atoms with van der Waals surface area (Å²) in [5.74, 6) is -0.368. The lowest BCUT2D eigenvalue weighted by Crippen LogP contribution is -2.36. The number of carbonyl (C=O) groups excluding carboxylic acids is 1. The first-order chi connectivity index (χ1) is 14.7. The van der Waals surface area contributed by atoms with Crippen molar-refractivity contribution in [2.75, 3.05) is 36.5 Å². The standard InChI is InChI=1S/C23H22FN3O3/c24-20-14-18(6-8-21(20)27-10-12-29-13-11-27)23(28)26-19-7-9-22(25-15-19)30-16-17-4-2-1-3-5-17/h1-9,14-15H,10-13,16H2,(H,26,28). The normalized spacial score (nSPS) is 13.7. The number of nitrogens with one attached hydrogen (secondary N) is 1. The Bertz CT molecular complexity index is 990. The highest BCUT2D eigenvalue weighted by molar-refractivity contribution is 6.04. The molecular weight excluding hydrogens is 385 g/mol. The summed E-state index contributed by atoms with van der Waals surface area (Å²) >= 11 is 0. The summed E-state index contributed by atoms with van der Waals surface area (Å²) in [7, 11) is 0. The molecule has 0 bridgehead atoms. The van der Waals surface area contributed by atoms with Gasteiger partial charge in [0.25, 0.3) is 5.91 Å². The fourth-order valence-electron chi connectivity index (χ4n) is 3.18. The Labute approximate surface area is 174 Å². The van der Waals surface area contributed by atoms with Crippen LogP contribution in [0.5, 0.6) is 5.88 Å². The number of aromatic nitrogens is 1. The summed E-state index contributed by atoms with van der Waals surface area (Å²) in [6, 6.07) is 17.7. The molecule has 1 aliphatic rings. The number of ether oxygens (including phenoxy) is 2. The number of carbonyl (C=O) groups is 1. The monoisotopic (exact) mass is 407 g/mol. The van der Waals surface area contributed by atoms with E-state index in [-0.39, 0.29) is 5.56 Å². The number of morpholine rings is 1. The molecule has 1 aliphatic heterocycles. The highest BCUT2D eigenvalue weighted by atomic mass is 19.1. The van der Waals surface area contributed by atoms with Crippen LogP contribution in [0.25, 0.3) is 0 Å². The van der Waals surface area contributed by atoms with Crippen molar-refractivity contribution in [2.24, 2.45) is 0 Å². The second-order valence-corrected chi connectivity index (χ2v) is 6.88. The van der Waals surface area contributed by atoms with Crippen LogP contribution in [0, 0.1) is 5.82 Å². The topological polar surface area (TPSA) is 63.7 Å². The molecule has 0 aliphatic carbocycles. The van der Waals surface area contributed by atoms with Gasteiger partial charge in [0, 0.05) is 24.7 Å². The van der Waals surface area contributed by atoms with E-state index >= 15 is 0 Å². The molecule has 4 rings (SSSR count). The minimum absolute atomic E-state index is 0.244. The van der Waals surface area contributed by atoms with E-state index < -0.39 is 11.7 Å². The van der Waals surface area contributed by atoms with Crippen LogP contribution in [-0.2, 0) is 11.3 Å². The van der Waals surface area contributed by atoms with Crippen molar-refractivity contribution < 1.29 is 18.7 Å². The molecule has 0 saturated carbocycles. The van der Waals surface area contributed by atoms with Crippen LogP contribution in [0.2, 0.25) is 0 Å². The molecule has 2 aromatic carbocycles. The first-order valence-electron chi connectivity index (χ1n) is 9.75. The van der Waals surface area contributed by atoms with Crippen LogP contribution < -0.4 is 15.0 Å². The van der Waals surface area contributed by atoms with Crippen LogP contribution in [0.1, 0.15) is 15.9 Å². The fraction of sp³-hybridized carbons (Fsp3) is 0.217. The van der Waals surface area contributed by atoms with E-state index in [1.54, 1.807) is 24.3 Å². The van der Waals surface area contributed by atoms with Gasteiger partial charge in [-0.1, -0.05) is 30.3 Å². The number of benzene rings is 2. The molecule has 30 heavy (non-hydrogen) atoms. The third kappa shape index (κ3) is 4.93. The number of amides is 1. The molecule has 7 heteroatoms. The van der Waals surface area contributed by atoms with Crippen molar-refractivity contribution >= 4 is 17.3 Å².